The van der Waals surface area contributed by atoms with Crippen LogP contribution in [0.15, 0.2) is 30.6 Å². The van der Waals surface area contributed by atoms with Gasteiger partial charge in [0.2, 0.25) is 0 Å². The second kappa shape index (κ2) is 8.24. The van der Waals surface area contributed by atoms with Gasteiger partial charge in [0.1, 0.15) is 28.5 Å². The Hall–Kier alpha value is -3.29. The molecule has 0 bridgehead atoms. The maximum atomic E-state index is 13.2. The molecule has 0 saturated heterocycles. The first-order valence-electron chi connectivity index (χ1n) is 11.7. The number of rotatable bonds is 5. The number of fused-ring (bicyclic) bond motifs is 2. The van der Waals surface area contributed by atoms with Crippen LogP contribution < -0.4 is 20.1 Å². The van der Waals surface area contributed by atoms with Gasteiger partial charge in [-0.25, -0.2) is 9.50 Å². The predicted octanol–water partition coefficient (Wildman–Crippen LogP) is 4.69. The zero-order valence-electron chi connectivity index (χ0n) is 19.6. The van der Waals surface area contributed by atoms with Crippen LogP contribution in [0, 0.1) is 5.92 Å². The minimum Gasteiger partial charge on any atom is -0.494 e. The second-order valence-corrected chi connectivity index (χ2v) is 9.80. The monoisotopic (exact) mass is 449 g/mol. The van der Waals surface area contributed by atoms with Crippen LogP contribution in [-0.2, 0) is 6.42 Å². The van der Waals surface area contributed by atoms with E-state index >= 15 is 0 Å². The molecular formula is C25H31N5O3. The summed E-state index contributed by atoms with van der Waals surface area (Å²) < 4.78 is 13.1. The summed E-state index contributed by atoms with van der Waals surface area (Å²) in [4.78, 5) is 17.9. The molecule has 3 heterocycles. The maximum Gasteiger partial charge on any atom is 0.261 e. The van der Waals surface area contributed by atoms with Crippen LogP contribution in [0.25, 0.3) is 5.65 Å². The number of methoxy groups -OCH3 is 1. The molecule has 1 saturated carbocycles. The van der Waals surface area contributed by atoms with Gasteiger partial charge in [-0.3, -0.25) is 4.79 Å². The summed E-state index contributed by atoms with van der Waals surface area (Å²) in [5.74, 6) is 2.44. The number of anilines is 2. The first-order valence-corrected chi connectivity index (χ1v) is 11.7. The van der Waals surface area contributed by atoms with Crippen LogP contribution in [0.4, 0.5) is 11.5 Å². The molecule has 1 aliphatic heterocycles. The number of nitrogens with zero attached hydrogens (tertiary/aromatic N) is 3. The standard InChI is InChI=1S/C25H31N5O3/c1-15-7-5-6-8-18(15)27-22-9-10-30-23(29-22)17(14-26-30)24(31)28-19-11-16-13-25(2,3)33-20(16)12-21(19)32-4/h9-12,14-15,18H,5-8,13H2,1-4H3,(H,27,29)(H,28,31)/t15-,18+/m0/s1. The Bertz CT molecular complexity index is 1200. The highest BCUT2D eigenvalue weighted by molar-refractivity contribution is 6.09. The molecule has 1 aliphatic carbocycles. The molecule has 0 radical (unpaired) electrons. The largest absolute Gasteiger partial charge is 0.494 e. The highest BCUT2D eigenvalue weighted by Gasteiger charge is 2.31. The quantitative estimate of drug-likeness (QED) is 0.587. The van der Waals surface area contributed by atoms with E-state index in [2.05, 4.69) is 22.7 Å². The van der Waals surface area contributed by atoms with E-state index in [9.17, 15) is 4.79 Å². The minimum absolute atomic E-state index is 0.276. The number of ether oxygens (including phenoxy) is 2. The third-order valence-electron chi connectivity index (χ3n) is 6.69. The van der Waals surface area contributed by atoms with Crippen LogP contribution in [0.2, 0.25) is 0 Å². The van der Waals surface area contributed by atoms with Crippen LogP contribution >= 0.6 is 0 Å². The lowest BCUT2D eigenvalue weighted by Crippen LogP contribution is -2.30. The zero-order valence-corrected chi connectivity index (χ0v) is 19.6. The van der Waals surface area contributed by atoms with Crippen molar-refractivity contribution in [3.05, 3.63) is 41.7 Å². The van der Waals surface area contributed by atoms with Gasteiger partial charge >= 0.3 is 0 Å². The van der Waals surface area contributed by atoms with Crippen LogP contribution in [0.1, 0.15) is 62.4 Å². The van der Waals surface area contributed by atoms with Crippen molar-refractivity contribution < 1.29 is 14.3 Å². The summed E-state index contributed by atoms with van der Waals surface area (Å²) in [7, 11) is 1.58. The topological polar surface area (TPSA) is 89.8 Å². The third-order valence-corrected chi connectivity index (χ3v) is 6.69. The number of nitrogens with one attached hydrogen (secondary N) is 2. The fourth-order valence-corrected chi connectivity index (χ4v) is 4.92. The predicted molar refractivity (Wildman–Crippen MR) is 127 cm³/mol. The van der Waals surface area contributed by atoms with Gasteiger partial charge in [0.15, 0.2) is 5.65 Å². The van der Waals surface area contributed by atoms with E-state index in [1.54, 1.807) is 17.8 Å². The van der Waals surface area contributed by atoms with Gasteiger partial charge in [0, 0.05) is 30.3 Å². The van der Waals surface area contributed by atoms with Gasteiger partial charge in [-0.15, -0.1) is 0 Å². The van der Waals surface area contributed by atoms with Gasteiger partial charge in [-0.05, 0) is 44.7 Å². The van der Waals surface area contributed by atoms with E-state index in [0.29, 0.717) is 34.6 Å². The van der Waals surface area contributed by atoms with Crippen molar-refractivity contribution in [2.45, 2.75) is 64.5 Å². The highest BCUT2D eigenvalue weighted by atomic mass is 16.5. The average Bonchev–Trinajstić information content (AvgIpc) is 3.33. The first kappa shape index (κ1) is 21.6. The van der Waals surface area contributed by atoms with Crippen molar-refractivity contribution in [3.63, 3.8) is 0 Å². The number of carbonyl (C=O) groups is 1. The van der Waals surface area contributed by atoms with E-state index in [4.69, 9.17) is 14.5 Å². The average molecular weight is 450 g/mol. The maximum absolute atomic E-state index is 13.2. The lowest BCUT2D eigenvalue weighted by atomic mass is 9.86. The molecule has 1 amide bonds. The van der Waals surface area contributed by atoms with Gasteiger partial charge < -0.3 is 20.1 Å². The molecule has 0 spiro atoms. The van der Waals surface area contributed by atoms with Crippen molar-refractivity contribution in [1.82, 2.24) is 14.6 Å². The molecule has 8 heteroatoms. The summed E-state index contributed by atoms with van der Waals surface area (Å²) in [5.41, 5.74) is 2.30. The van der Waals surface area contributed by atoms with Crippen LogP contribution in [0.5, 0.6) is 11.5 Å². The van der Waals surface area contributed by atoms with Gasteiger partial charge in [0.05, 0.1) is 19.0 Å². The molecular weight excluding hydrogens is 418 g/mol. The number of carbonyl (C=O) groups excluding carboxylic acids is 1. The van der Waals surface area contributed by atoms with Gasteiger partial charge in [-0.1, -0.05) is 19.8 Å². The second-order valence-electron chi connectivity index (χ2n) is 9.80. The fourth-order valence-electron chi connectivity index (χ4n) is 4.92. The minimum atomic E-state index is -0.280. The summed E-state index contributed by atoms with van der Waals surface area (Å²) in [6.45, 7) is 6.37. The van der Waals surface area contributed by atoms with Crippen LogP contribution in [0.3, 0.4) is 0 Å². The smallest absolute Gasteiger partial charge is 0.261 e. The van der Waals surface area contributed by atoms with E-state index in [0.717, 1.165) is 30.0 Å². The molecule has 2 atom stereocenters. The lowest BCUT2D eigenvalue weighted by Gasteiger charge is -2.29. The molecule has 1 aromatic carbocycles. The summed E-state index contributed by atoms with van der Waals surface area (Å²) in [6, 6.07) is 6.07. The van der Waals surface area contributed by atoms with E-state index in [-0.39, 0.29) is 11.5 Å². The molecule has 0 unspecified atom stereocenters. The normalized spacial score (nSPS) is 21.3. The highest BCUT2D eigenvalue weighted by Crippen LogP contribution is 2.41. The van der Waals surface area contributed by atoms with Crippen molar-refractivity contribution in [2.75, 3.05) is 17.7 Å². The molecule has 8 nitrogen and oxygen atoms in total. The van der Waals surface area contributed by atoms with Crippen molar-refractivity contribution >= 4 is 23.1 Å². The van der Waals surface area contributed by atoms with Crippen molar-refractivity contribution in [1.29, 1.82) is 0 Å². The SMILES string of the molecule is COc1cc2c(cc1NC(=O)c1cnn3ccc(N[C@@H]4CCCC[C@@H]4C)nc13)CC(C)(C)O2. The fraction of sp³-hybridized carbons (Fsp3) is 0.480. The third kappa shape index (κ3) is 4.21. The molecule has 33 heavy (non-hydrogen) atoms. The molecule has 174 valence electrons. The molecule has 2 N–H and O–H groups in total. The van der Waals surface area contributed by atoms with Crippen molar-refractivity contribution in [2.24, 2.45) is 5.92 Å². The Labute approximate surface area is 193 Å². The Kier molecular flexibility index (Phi) is 5.38. The number of benzene rings is 1. The number of hydrogen-bond donors (Lipinski definition) is 2. The Balaban J connectivity index is 1.40. The molecule has 3 aromatic rings. The summed E-state index contributed by atoms with van der Waals surface area (Å²) in [6.07, 6.45) is 9.04. The first-order chi connectivity index (χ1) is 15.8. The Morgan fingerprint density at radius 3 is 2.88 bits per heavy atom. The molecule has 5 rings (SSSR count). The number of aromatic nitrogens is 3. The van der Waals surface area contributed by atoms with Gasteiger partial charge in [0.25, 0.3) is 5.91 Å². The van der Waals surface area contributed by atoms with E-state index in [1.807, 2.05) is 38.2 Å². The van der Waals surface area contributed by atoms with Gasteiger partial charge in [-0.2, -0.15) is 5.10 Å². The number of hydrogen-bond acceptors (Lipinski definition) is 6. The van der Waals surface area contributed by atoms with E-state index < -0.39 is 0 Å². The lowest BCUT2D eigenvalue weighted by molar-refractivity contribution is 0.102. The van der Waals surface area contributed by atoms with Crippen molar-refractivity contribution in [3.8, 4) is 11.5 Å². The molecule has 2 aliphatic rings. The zero-order chi connectivity index (χ0) is 23.2. The summed E-state index contributed by atoms with van der Waals surface area (Å²) >= 11 is 0. The number of amides is 1. The summed E-state index contributed by atoms with van der Waals surface area (Å²) in [5, 5.41) is 10.9. The molecule has 2 aromatic heterocycles. The van der Waals surface area contributed by atoms with Crippen LogP contribution in [-0.4, -0.2) is 39.3 Å². The Morgan fingerprint density at radius 1 is 1.27 bits per heavy atom. The Morgan fingerprint density at radius 2 is 2.09 bits per heavy atom. The van der Waals surface area contributed by atoms with E-state index in [1.165, 1.54) is 19.3 Å². The molecule has 1 fully saturated rings.